The number of piperidine rings is 1. The normalized spacial score (nSPS) is 18.8. The number of aryl methyl sites for hydroxylation is 2. The van der Waals surface area contributed by atoms with Gasteiger partial charge in [-0.2, -0.15) is 0 Å². The first-order chi connectivity index (χ1) is 24.1. The monoisotopic (exact) mass is 699 g/mol. The third kappa shape index (κ3) is 8.61. The van der Waals surface area contributed by atoms with Crippen molar-refractivity contribution in [1.29, 1.82) is 0 Å². The summed E-state index contributed by atoms with van der Waals surface area (Å²) in [6, 6.07) is 26.0. The van der Waals surface area contributed by atoms with E-state index in [0.29, 0.717) is 31.5 Å². The van der Waals surface area contributed by atoms with Gasteiger partial charge in [0.05, 0.1) is 12.3 Å². The Bertz CT molecular complexity index is 1600. The van der Waals surface area contributed by atoms with Gasteiger partial charge in [0.15, 0.2) is 5.58 Å². The number of hydrogen-bond acceptors (Lipinski definition) is 6. The van der Waals surface area contributed by atoms with Crippen LogP contribution in [-0.4, -0.2) is 69.5 Å². The van der Waals surface area contributed by atoms with E-state index >= 15 is 0 Å². The Morgan fingerprint density at radius 1 is 0.900 bits per heavy atom. The standard InChI is InChI=1S/C39H50N2O5Si.C2H7N/c1-28-36(22-20-34-35(40-45-37(28)34)21-17-29-23-25-41(26-24-29)38(42)43)44-27-30-15-18-31(19-16-30)46-47(39(2,3)4,32-11-7-5-8-12-32)33-13-9-6-10-14-33;1-3-2/h5-14,20,22,29-31H,15-19,21,23-27H2,1-4H3,(H,42,43);3H,1-2H3. The largest absolute Gasteiger partial charge is 0.493 e. The fourth-order valence-electron chi connectivity index (χ4n) is 7.82. The second-order valence-electron chi connectivity index (χ2n) is 15.2. The number of hydrogen-bond donors (Lipinski definition) is 2. The summed E-state index contributed by atoms with van der Waals surface area (Å²) >= 11 is 0. The smallest absolute Gasteiger partial charge is 0.407 e. The van der Waals surface area contributed by atoms with E-state index in [-0.39, 0.29) is 11.1 Å². The predicted molar refractivity (Wildman–Crippen MR) is 204 cm³/mol. The third-order valence-corrected chi connectivity index (χ3v) is 15.7. The lowest BCUT2D eigenvalue weighted by Crippen LogP contribution is -2.67. The SMILES string of the molecule is CNC.Cc1c(OCC2CCC(O[Si](c3ccccc3)(c3ccccc3)C(C)(C)C)CC2)ccc2c(CCC3CCN(C(=O)O)CC3)noc12. The van der Waals surface area contributed by atoms with Crippen LogP contribution in [0.1, 0.15) is 77.0 Å². The van der Waals surface area contributed by atoms with Crippen molar-refractivity contribution in [3.8, 4) is 5.75 Å². The number of likely N-dealkylation sites (tertiary alicyclic amines) is 1. The van der Waals surface area contributed by atoms with E-state index in [1.54, 1.807) is 0 Å². The molecule has 3 aromatic carbocycles. The van der Waals surface area contributed by atoms with Gasteiger partial charge in [-0.15, -0.1) is 0 Å². The molecule has 2 aliphatic rings. The predicted octanol–water partition coefficient (Wildman–Crippen LogP) is 7.81. The highest BCUT2D eigenvalue weighted by Crippen LogP contribution is 2.40. The molecule has 1 saturated carbocycles. The minimum atomic E-state index is -2.56. The summed E-state index contributed by atoms with van der Waals surface area (Å²) in [7, 11) is 1.19. The van der Waals surface area contributed by atoms with Crippen LogP contribution in [0.5, 0.6) is 5.75 Å². The first kappa shape index (κ1) is 37.6. The van der Waals surface area contributed by atoms with Gasteiger partial charge < -0.3 is 29.0 Å². The second kappa shape index (κ2) is 17.0. The lowest BCUT2D eigenvalue weighted by Gasteiger charge is -2.46. The van der Waals surface area contributed by atoms with Crippen LogP contribution < -0.4 is 20.4 Å². The Hall–Kier alpha value is -3.66. The van der Waals surface area contributed by atoms with Crippen molar-refractivity contribution in [3.63, 3.8) is 0 Å². The molecule has 1 saturated heterocycles. The molecule has 1 amide bonds. The number of amides is 1. The van der Waals surface area contributed by atoms with Crippen molar-refractivity contribution < 1.29 is 23.6 Å². The maximum absolute atomic E-state index is 11.2. The number of ether oxygens (including phenoxy) is 1. The third-order valence-electron chi connectivity index (χ3n) is 10.6. The quantitative estimate of drug-likeness (QED) is 0.163. The van der Waals surface area contributed by atoms with E-state index in [1.807, 2.05) is 14.1 Å². The van der Waals surface area contributed by atoms with E-state index in [2.05, 4.69) is 111 Å². The van der Waals surface area contributed by atoms with Gasteiger partial charge in [0.2, 0.25) is 0 Å². The highest BCUT2D eigenvalue weighted by molar-refractivity contribution is 6.99. The Kier molecular flexibility index (Phi) is 12.8. The van der Waals surface area contributed by atoms with E-state index in [0.717, 1.165) is 79.3 Å². The molecule has 1 aromatic heterocycles. The summed E-state index contributed by atoms with van der Waals surface area (Å²) in [5.41, 5.74) is 2.79. The molecule has 0 radical (unpaired) electrons. The second-order valence-corrected chi connectivity index (χ2v) is 19.4. The number of benzene rings is 3. The summed E-state index contributed by atoms with van der Waals surface area (Å²) in [6.45, 7) is 11.0. The van der Waals surface area contributed by atoms with Crippen molar-refractivity contribution in [3.05, 3.63) is 84.1 Å². The van der Waals surface area contributed by atoms with Crippen molar-refractivity contribution >= 4 is 35.8 Å². The number of rotatable bonds is 10. The minimum absolute atomic E-state index is 0.0216. The molecule has 2 N–H and O–H groups in total. The molecule has 0 unspecified atom stereocenters. The Labute approximate surface area is 299 Å². The molecule has 0 spiro atoms. The summed E-state index contributed by atoms with van der Waals surface area (Å²) in [6.07, 6.45) is 7.32. The first-order valence-corrected chi connectivity index (χ1v) is 20.3. The lowest BCUT2D eigenvalue weighted by molar-refractivity contribution is 0.102. The fraction of sp³-hybridized carbons (Fsp3) is 0.512. The topological polar surface area (TPSA) is 97.1 Å². The summed E-state index contributed by atoms with van der Waals surface area (Å²) in [5.74, 6) is 1.87. The van der Waals surface area contributed by atoms with E-state index in [9.17, 15) is 9.90 Å². The van der Waals surface area contributed by atoms with Gasteiger partial charge in [-0.05, 0) is 112 Å². The molecule has 6 rings (SSSR count). The highest BCUT2D eigenvalue weighted by Gasteiger charge is 2.51. The fourth-order valence-corrected chi connectivity index (χ4v) is 12.6. The Balaban J connectivity index is 0.00000156. The summed E-state index contributed by atoms with van der Waals surface area (Å²) in [4.78, 5) is 12.7. The van der Waals surface area contributed by atoms with Crippen molar-refractivity contribution in [2.75, 3.05) is 33.8 Å². The summed E-state index contributed by atoms with van der Waals surface area (Å²) in [5, 5.41) is 20.1. The zero-order chi connectivity index (χ0) is 35.7. The van der Waals surface area contributed by atoms with Crippen LogP contribution in [0, 0.1) is 18.8 Å². The van der Waals surface area contributed by atoms with Crippen LogP contribution in [0.2, 0.25) is 5.04 Å². The van der Waals surface area contributed by atoms with E-state index in [4.69, 9.17) is 13.7 Å². The van der Waals surface area contributed by atoms with Gasteiger partial charge in [0, 0.05) is 30.1 Å². The maximum atomic E-state index is 11.2. The molecular weight excluding hydrogens is 643 g/mol. The molecule has 0 atom stereocenters. The van der Waals surface area contributed by atoms with Crippen LogP contribution in [-0.2, 0) is 10.8 Å². The summed E-state index contributed by atoms with van der Waals surface area (Å²) < 4.78 is 19.7. The molecule has 2 heterocycles. The Morgan fingerprint density at radius 3 is 2.02 bits per heavy atom. The molecule has 50 heavy (non-hydrogen) atoms. The van der Waals surface area contributed by atoms with Gasteiger partial charge in [-0.25, -0.2) is 4.79 Å². The molecule has 9 heteroatoms. The zero-order valence-corrected chi connectivity index (χ0v) is 31.9. The number of nitrogens with one attached hydrogen (secondary N) is 1. The number of fused-ring (bicyclic) bond motifs is 1. The van der Waals surface area contributed by atoms with E-state index in [1.165, 1.54) is 15.3 Å². The number of nitrogens with zero attached hydrogens (tertiary/aromatic N) is 2. The molecule has 2 fully saturated rings. The van der Waals surface area contributed by atoms with Crippen LogP contribution in [0.4, 0.5) is 4.79 Å². The average Bonchev–Trinajstić information content (AvgIpc) is 3.54. The molecular formula is C41H57N3O5Si. The van der Waals surface area contributed by atoms with E-state index < -0.39 is 14.4 Å². The van der Waals surface area contributed by atoms with Crippen LogP contribution in [0.3, 0.4) is 0 Å². The average molecular weight is 700 g/mol. The van der Waals surface area contributed by atoms with Gasteiger partial charge in [-0.1, -0.05) is 86.6 Å². The number of carbonyl (C=O) groups is 1. The molecule has 270 valence electrons. The van der Waals surface area contributed by atoms with Crippen LogP contribution >= 0.6 is 0 Å². The molecule has 0 bridgehead atoms. The first-order valence-electron chi connectivity index (χ1n) is 18.4. The van der Waals surface area contributed by atoms with Crippen molar-refractivity contribution in [2.45, 2.75) is 90.2 Å². The van der Waals surface area contributed by atoms with Crippen molar-refractivity contribution in [1.82, 2.24) is 15.4 Å². The van der Waals surface area contributed by atoms with Crippen LogP contribution in [0.15, 0.2) is 77.3 Å². The molecule has 1 aliphatic carbocycles. The van der Waals surface area contributed by atoms with Gasteiger partial charge in [0.25, 0.3) is 8.32 Å². The number of carboxylic acid groups (broad SMARTS) is 1. The maximum Gasteiger partial charge on any atom is 0.407 e. The zero-order valence-electron chi connectivity index (χ0n) is 30.9. The molecule has 8 nitrogen and oxygen atoms in total. The van der Waals surface area contributed by atoms with Gasteiger partial charge in [-0.3, -0.25) is 0 Å². The molecule has 4 aromatic rings. The number of aromatic nitrogens is 1. The molecule has 1 aliphatic heterocycles. The van der Waals surface area contributed by atoms with Crippen molar-refractivity contribution in [2.24, 2.45) is 11.8 Å². The van der Waals surface area contributed by atoms with Gasteiger partial charge in [0.1, 0.15) is 5.75 Å². The Morgan fingerprint density at radius 2 is 1.48 bits per heavy atom. The van der Waals surface area contributed by atoms with Crippen LogP contribution in [0.25, 0.3) is 11.0 Å². The minimum Gasteiger partial charge on any atom is -0.493 e. The van der Waals surface area contributed by atoms with Gasteiger partial charge >= 0.3 is 6.09 Å². The highest BCUT2D eigenvalue weighted by atomic mass is 28.4. The lowest BCUT2D eigenvalue weighted by atomic mass is 9.88.